The molecule has 0 spiro atoms. The largest absolute Gasteiger partial charge is 0.393 e. The van der Waals surface area contributed by atoms with Crippen LogP contribution >= 0.6 is 0 Å². The van der Waals surface area contributed by atoms with E-state index in [1.165, 1.54) is 5.57 Å². The average molecular weight is 208 g/mol. The van der Waals surface area contributed by atoms with Gasteiger partial charge in [-0.1, -0.05) is 51.1 Å². The highest BCUT2D eigenvalue weighted by atomic mass is 16.3. The molecule has 86 valence electrons. The Hall–Kier alpha value is -0.235. The fraction of sp³-hybridized carbons (Fsp3) is 0.846. The lowest BCUT2D eigenvalue weighted by molar-refractivity contribution is 0.162. The van der Waals surface area contributed by atoms with Crippen LogP contribution in [-0.4, -0.2) is 19.1 Å². The number of aliphatic hydroxyl groups excluding tert-OH is 1. The minimum Gasteiger partial charge on any atom is -0.393 e. The van der Waals surface area contributed by atoms with E-state index in [9.17, 15) is 5.11 Å². The lowest BCUT2D eigenvalue weighted by atomic mass is 9.85. The van der Waals surface area contributed by atoms with Gasteiger partial charge in [-0.3, -0.25) is 0 Å². The van der Waals surface area contributed by atoms with Crippen LogP contribution in [0, 0.1) is 0 Å². The molecule has 1 N–H and O–H groups in total. The van der Waals surface area contributed by atoms with Gasteiger partial charge in [0, 0.05) is 0 Å². The van der Waals surface area contributed by atoms with E-state index in [0.29, 0.717) is 0 Å². The van der Waals surface area contributed by atoms with Crippen molar-refractivity contribution in [3.8, 4) is 0 Å². The molecule has 0 saturated heterocycles. The second-order valence-corrected chi connectivity index (χ2v) is 4.47. The van der Waals surface area contributed by atoms with Crippen LogP contribution in [0.5, 0.6) is 0 Å². The minimum atomic E-state index is -0.166. The summed E-state index contributed by atoms with van der Waals surface area (Å²) in [4.78, 5) is 0. The second-order valence-electron chi connectivity index (χ2n) is 4.47. The lowest BCUT2D eigenvalue weighted by Crippen LogP contribution is -2.07. The van der Waals surface area contributed by atoms with Gasteiger partial charge in [0.1, 0.15) is 0 Å². The summed E-state index contributed by atoms with van der Waals surface area (Å²) in [5, 5.41) is 9.74. The maximum absolute atomic E-state index is 9.74. The van der Waals surface area contributed by atoms with Gasteiger partial charge >= 0.3 is 0 Å². The number of aliphatic hydroxyl groups is 1. The SMILES string of the molecule is [B]C(C)CC=C(CCC)CC(O)CCC. The predicted octanol–water partition coefficient (Wildman–Crippen LogP) is 3.63. The van der Waals surface area contributed by atoms with Gasteiger partial charge in [0.15, 0.2) is 0 Å². The van der Waals surface area contributed by atoms with E-state index in [4.69, 9.17) is 7.85 Å². The second kappa shape index (κ2) is 9.02. The summed E-state index contributed by atoms with van der Waals surface area (Å²) in [6.07, 6.45) is 7.99. The van der Waals surface area contributed by atoms with E-state index in [1.807, 2.05) is 6.92 Å². The van der Waals surface area contributed by atoms with Crippen LogP contribution in [0.25, 0.3) is 0 Å². The summed E-state index contributed by atoms with van der Waals surface area (Å²) in [6.45, 7) is 6.29. The van der Waals surface area contributed by atoms with Crippen molar-refractivity contribution in [1.82, 2.24) is 0 Å². The van der Waals surface area contributed by atoms with E-state index in [-0.39, 0.29) is 11.9 Å². The van der Waals surface area contributed by atoms with E-state index >= 15 is 0 Å². The topological polar surface area (TPSA) is 20.2 Å². The third-order valence-corrected chi connectivity index (χ3v) is 2.47. The summed E-state index contributed by atoms with van der Waals surface area (Å²) in [7, 11) is 5.72. The van der Waals surface area contributed by atoms with Gasteiger partial charge in [-0.2, -0.15) is 0 Å². The van der Waals surface area contributed by atoms with Gasteiger partial charge < -0.3 is 5.11 Å². The Bertz CT molecular complexity index is 175. The van der Waals surface area contributed by atoms with Crippen molar-refractivity contribution in [2.45, 2.75) is 71.2 Å². The van der Waals surface area contributed by atoms with Crippen molar-refractivity contribution < 1.29 is 5.11 Å². The first-order valence-electron chi connectivity index (χ1n) is 6.21. The Morgan fingerprint density at radius 1 is 1.33 bits per heavy atom. The molecule has 2 unspecified atom stereocenters. The lowest BCUT2D eigenvalue weighted by Gasteiger charge is -2.13. The quantitative estimate of drug-likeness (QED) is 0.477. The molecular weight excluding hydrogens is 183 g/mol. The highest BCUT2D eigenvalue weighted by Gasteiger charge is 2.06. The third kappa shape index (κ3) is 8.74. The first kappa shape index (κ1) is 14.8. The summed E-state index contributed by atoms with van der Waals surface area (Å²) >= 11 is 0. The van der Waals surface area contributed by atoms with Crippen LogP contribution in [-0.2, 0) is 0 Å². The van der Waals surface area contributed by atoms with Gasteiger partial charge in [0.2, 0.25) is 0 Å². The average Bonchev–Trinajstić information content (AvgIpc) is 2.15. The van der Waals surface area contributed by atoms with Crippen LogP contribution < -0.4 is 0 Å². The zero-order valence-electron chi connectivity index (χ0n) is 10.5. The van der Waals surface area contributed by atoms with E-state index in [2.05, 4.69) is 19.9 Å². The van der Waals surface area contributed by atoms with Gasteiger partial charge in [-0.05, 0) is 25.7 Å². The van der Waals surface area contributed by atoms with Gasteiger partial charge in [0.05, 0.1) is 14.0 Å². The first-order chi connectivity index (χ1) is 7.10. The fourth-order valence-corrected chi connectivity index (χ4v) is 1.70. The predicted molar refractivity (Wildman–Crippen MR) is 68.3 cm³/mol. The molecule has 0 aliphatic carbocycles. The van der Waals surface area contributed by atoms with E-state index < -0.39 is 0 Å². The smallest absolute Gasteiger partial charge is 0.0699 e. The molecule has 2 atom stereocenters. The molecule has 2 radical (unpaired) electrons. The molecule has 0 bridgehead atoms. The van der Waals surface area contributed by atoms with Crippen molar-refractivity contribution >= 4 is 7.85 Å². The van der Waals surface area contributed by atoms with Gasteiger partial charge in [0.25, 0.3) is 0 Å². The highest BCUT2D eigenvalue weighted by Crippen LogP contribution is 2.18. The van der Waals surface area contributed by atoms with Crippen molar-refractivity contribution in [1.29, 1.82) is 0 Å². The van der Waals surface area contributed by atoms with E-state index in [0.717, 1.165) is 38.5 Å². The molecule has 0 aliphatic heterocycles. The van der Waals surface area contributed by atoms with Crippen molar-refractivity contribution in [3.63, 3.8) is 0 Å². The number of rotatable bonds is 8. The van der Waals surface area contributed by atoms with Crippen molar-refractivity contribution in [3.05, 3.63) is 11.6 Å². The van der Waals surface area contributed by atoms with Crippen molar-refractivity contribution in [2.24, 2.45) is 0 Å². The molecule has 0 heterocycles. The molecule has 15 heavy (non-hydrogen) atoms. The van der Waals surface area contributed by atoms with Crippen LogP contribution in [0.4, 0.5) is 0 Å². The molecule has 0 aromatic carbocycles. The van der Waals surface area contributed by atoms with E-state index in [1.54, 1.807) is 0 Å². The maximum atomic E-state index is 9.74. The van der Waals surface area contributed by atoms with Crippen LogP contribution in [0.1, 0.15) is 59.3 Å². The van der Waals surface area contributed by atoms with Gasteiger partial charge in [-0.25, -0.2) is 0 Å². The molecule has 0 aromatic heterocycles. The Labute approximate surface area is 96.4 Å². The standard InChI is InChI=1S/C13H25BO/c1-4-6-12(9-8-11(3)14)10-13(15)7-5-2/h9,11,13,15H,4-8,10H2,1-3H3. The molecule has 2 heteroatoms. The maximum Gasteiger partial charge on any atom is 0.0699 e. The molecule has 0 amide bonds. The number of hydrogen-bond acceptors (Lipinski definition) is 1. The van der Waals surface area contributed by atoms with Crippen molar-refractivity contribution in [2.75, 3.05) is 0 Å². The zero-order chi connectivity index (χ0) is 11.7. The third-order valence-electron chi connectivity index (χ3n) is 2.47. The first-order valence-corrected chi connectivity index (χ1v) is 6.21. The minimum absolute atomic E-state index is 0.166. The van der Waals surface area contributed by atoms with Gasteiger partial charge in [-0.15, -0.1) is 0 Å². The summed E-state index contributed by atoms with van der Waals surface area (Å²) < 4.78 is 0. The van der Waals surface area contributed by atoms with Crippen LogP contribution in [0.2, 0.25) is 5.82 Å². The number of hydrogen-bond donors (Lipinski definition) is 1. The molecule has 0 rings (SSSR count). The fourth-order valence-electron chi connectivity index (χ4n) is 1.70. The summed E-state index contributed by atoms with van der Waals surface area (Å²) in [5.41, 5.74) is 1.37. The molecular formula is C13H25BO. The molecule has 1 nitrogen and oxygen atoms in total. The summed E-state index contributed by atoms with van der Waals surface area (Å²) in [5.74, 6) is 0.222. The Kier molecular flexibility index (Phi) is 8.88. The Morgan fingerprint density at radius 3 is 2.47 bits per heavy atom. The molecule has 0 saturated carbocycles. The Balaban J connectivity index is 4.07. The molecule has 0 fully saturated rings. The highest BCUT2D eigenvalue weighted by molar-refractivity contribution is 6.11. The molecule has 0 aliphatic rings. The van der Waals surface area contributed by atoms with Crippen LogP contribution in [0.3, 0.4) is 0 Å². The van der Waals surface area contributed by atoms with Crippen LogP contribution in [0.15, 0.2) is 11.6 Å². The molecule has 0 aromatic rings. The zero-order valence-corrected chi connectivity index (χ0v) is 10.5. The summed E-state index contributed by atoms with van der Waals surface area (Å²) in [6, 6.07) is 0. The normalized spacial score (nSPS) is 16.4. The Morgan fingerprint density at radius 2 is 2.00 bits per heavy atom. The monoisotopic (exact) mass is 208 g/mol. The number of allylic oxidation sites excluding steroid dienone is 1.